The van der Waals surface area contributed by atoms with Gasteiger partial charge in [-0.05, 0) is 0 Å². The van der Waals surface area contributed by atoms with Crippen LogP contribution in [0.1, 0.15) is 0 Å². The zero-order valence-corrected chi connectivity index (χ0v) is 6.76. The highest BCUT2D eigenvalue weighted by Gasteiger charge is 2.17. The number of hydrogen-bond acceptors (Lipinski definition) is 3. The molecule has 5 heteroatoms. The summed E-state index contributed by atoms with van der Waals surface area (Å²) in [5, 5.41) is 1.38. The maximum atomic E-state index is 10.9. The zero-order valence-electron chi connectivity index (χ0n) is 6.95. The number of rotatable bonds is 1. The monoisotopic (exact) mass is 165 g/mol. The Balaban J connectivity index is 2.53. The van der Waals surface area contributed by atoms with Gasteiger partial charge in [0.2, 0.25) is 10.0 Å². The van der Waals surface area contributed by atoms with Crippen LogP contribution < -0.4 is 5.31 Å². The molecule has 1 rings (SSSR count). The van der Waals surface area contributed by atoms with Gasteiger partial charge in [-0.3, -0.25) is 0 Å². The lowest BCUT2D eigenvalue weighted by Gasteiger charge is -2.24. The minimum absolute atomic E-state index is 0.447. The van der Waals surface area contributed by atoms with Gasteiger partial charge in [-0.1, -0.05) is 0 Å². The van der Waals surface area contributed by atoms with Crippen molar-refractivity contribution >= 4 is 10.0 Å². The van der Waals surface area contributed by atoms with Crippen molar-refractivity contribution in [2.75, 3.05) is 32.4 Å². The van der Waals surface area contributed by atoms with Gasteiger partial charge in [-0.15, -0.1) is 0 Å². The van der Waals surface area contributed by atoms with Gasteiger partial charge in [0.05, 0.1) is 6.26 Å². The van der Waals surface area contributed by atoms with Gasteiger partial charge >= 0.3 is 0 Å². The highest BCUT2D eigenvalue weighted by Crippen LogP contribution is 1.97. The van der Waals surface area contributed by atoms with Gasteiger partial charge in [-0.25, -0.2) is 8.42 Å². The van der Waals surface area contributed by atoms with Crippen LogP contribution >= 0.6 is 0 Å². The second kappa shape index (κ2) is 2.86. The summed E-state index contributed by atoms with van der Waals surface area (Å²) in [6.07, 6.45) is 1.20. The van der Waals surface area contributed by atoms with Gasteiger partial charge in [0.15, 0.2) is 0 Å². The third-order valence-electron chi connectivity index (χ3n) is 1.48. The second-order valence-corrected chi connectivity index (χ2v) is 4.32. The maximum Gasteiger partial charge on any atom is 0.211 e. The van der Waals surface area contributed by atoms with E-state index in [0.717, 1.165) is 0 Å². The van der Waals surface area contributed by atoms with Crippen molar-refractivity contribution in [2.24, 2.45) is 0 Å². The van der Waals surface area contributed by atoms with E-state index in [1.54, 1.807) is 0 Å². The largest absolute Gasteiger partial charge is 0.314 e. The molecule has 0 unspecified atom stereocenters. The summed E-state index contributed by atoms with van der Waals surface area (Å²) < 4.78 is 30.5. The lowest BCUT2D eigenvalue weighted by Crippen LogP contribution is -2.45. The smallest absolute Gasteiger partial charge is 0.211 e. The van der Waals surface area contributed by atoms with E-state index in [9.17, 15) is 8.42 Å². The summed E-state index contributed by atoms with van der Waals surface area (Å²) in [4.78, 5) is 0. The molecule has 0 bridgehead atoms. The summed E-state index contributed by atoms with van der Waals surface area (Å²) in [6, 6.07) is 0. The molecule has 1 heterocycles. The Morgan fingerprint density at radius 1 is 1.50 bits per heavy atom. The van der Waals surface area contributed by atoms with E-state index in [2.05, 4.69) is 0 Å². The molecule has 0 radical (unpaired) electrons. The molecule has 0 amide bonds. The predicted molar refractivity (Wildman–Crippen MR) is 39.3 cm³/mol. The SMILES string of the molecule is [2H]N1CCN(S(C)(=O)=O)CC1. The Morgan fingerprint density at radius 2 is 2.00 bits per heavy atom. The first kappa shape index (κ1) is 6.57. The van der Waals surface area contributed by atoms with E-state index in [1.807, 2.05) is 0 Å². The van der Waals surface area contributed by atoms with Crippen molar-refractivity contribution in [3.05, 3.63) is 0 Å². The fourth-order valence-corrected chi connectivity index (χ4v) is 1.75. The van der Waals surface area contributed by atoms with E-state index in [1.165, 1.54) is 15.9 Å². The second-order valence-electron chi connectivity index (χ2n) is 2.33. The summed E-state index contributed by atoms with van der Waals surface area (Å²) in [6.45, 7) is 1.91. The number of sulfonamides is 1. The minimum atomic E-state index is -3.03. The molecule has 1 fully saturated rings. The first-order chi connectivity index (χ1) is 5.00. The van der Waals surface area contributed by atoms with E-state index in [-0.39, 0.29) is 0 Å². The van der Waals surface area contributed by atoms with Crippen LogP contribution in [0.2, 0.25) is 1.41 Å². The lowest BCUT2D eigenvalue weighted by atomic mass is 10.4. The van der Waals surface area contributed by atoms with Crippen molar-refractivity contribution in [2.45, 2.75) is 0 Å². The fourth-order valence-electron chi connectivity index (χ4n) is 0.920. The molecule has 0 aromatic heterocycles. The van der Waals surface area contributed by atoms with Crippen LogP contribution in [-0.2, 0) is 10.0 Å². The van der Waals surface area contributed by atoms with Gasteiger partial charge in [0, 0.05) is 26.2 Å². The fraction of sp³-hybridized carbons (Fsp3) is 1.00. The zero-order chi connectivity index (χ0) is 8.48. The molecular formula is C5H12N2O2S. The van der Waals surface area contributed by atoms with E-state index >= 15 is 0 Å². The summed E-state index contributed by atoms with van der Waals surface area (Å²) >= 11 is 0. The Kier molecular flexibility index (Phi) is 1.88. The van der Waals surface area contributed by atoms with Crippen molar-refractivity contribution < 1.29 is 9.83 Å². The topological polar surface area (TPSA) is 49.4 Å². The Labute approximate surface area is 62.7 Å². The molecule has 0 atom stereocenters. The van der Waals surface area contributed by atoms with E-state index in [0.29, 0.717) is 26.2 Å². The first-order valence-corrected chi connectivity index (χ1v) is 5.04. The molecule has 1 aliphatic heterocycles. The molecule has 10 heavy (non-hydrogen) atoms. The molecule has 0 aromatic rings. The molecule has 1 aliphatic rings. The Hall–Kier alpha value is -0.130. The van der Waals surface area contributed by atoms with Crippen LogP contribution in [0.25, 0.3) is 0 Å². The summed E-state index contributed by atoms with van der Waals surface area (Å²) in [5.74, 6) is 0. The third kappa shape index (κ3) is 1.93. The average molecular weight is 165 g/mol. The molecule has 0 aliphatic carbocycles. The first-order valence-electron chi connectivity index (χ1n) is 3.64. The van der Waals surface area contributed by atoms with Gasteiger partial charge in [0.25, 0.3) is 0 Å². The van der Waals surface area contributed by atoms with Crippen LogP contribution in [0, 0.1) is 0 Å². The molecule has 0 aromatic carbocycles. The standard InChI is InChI=1S/C5H12N2O2S/c1-10(8,9)7-4-2-6-3-5-7/h6H,2-5H2,1H3/i/hD. The summed E-state index contributed by atoms with van der Waals surface area (Å²) in [5.41, 5.74) is 0. The molecular weight excluding hydrogens is 152 g/mol. The molecule has 4 nitrogen and oxygen atoms in total. The Bertz CT molecular complexity index is 221. The van der Waals surface area contributed by atoms with Gasteiger partial charge in [-0.2, -0.15) is 4.31 Å². The lowest BCUT2D eigenvalue weighted by molar-refractivity contribution is 0.363. The van der Waals surface area contributed by atoms with Crippen molar-refractivity contribution in [1.82, 2.24) is 9.62 Å². The van der Waals surface area contributed by atoms with Crippen LogP contribution in [0.15, 0.2) is 0 Å². The Morgan fingerprint density at radius 3 is 2.40 bits per heavy atom. The van der Waals surface area contributed by atoms with Crippen LogP contribution in [0.3, 0.4) is 0 Å². The van der Waals surface area contributed by atoms with Gasteiger partial charge < -0.3 is 5.31 Å². The number of nitrogens with one attached hydrogen (secondary N) is 1. The van der Waals surface area contributed by atoms with Crippen molar-refractivity contribution in [3.63, 3.8) is 0 Å². The quantitative estimate of drug-likeness (QED) is 0.534. The minimum Gasteiger partial charge on any atom is -0.314 e. The summed E-state index contributed by atoms with van der Waals surface area (Å²) in [7, 11) is -3.03. The van der Waals surface area contributed by atoms with E-state index < -0.39 is 10.0 Å². The highest BCUT2D eigenvalue weighted by molar-refractivity contribution is 7.88. The maximum absolute atomic E-state index is 10.9. The normalized spacial score (nSPS) is 26.3. The molecule has 1 N–H and O–H groups in total. The number of nitrogens with zero attached hydrogens (tertiary/aromatic N) is 1. The highest BCUT2D eigenvalue weighted by atomic mass is 32.2. The molecule has 1 saturated heterocycles. The van der Waals surface area contributed by atoms with E-state index in [4.69, 9.17) is 1.41 Å². The van der Waals surface area contributed by atoms with Crippen molar-refractivity contribution in [1.29, 1.82) is 0 Å². The number of hydrogen-bond donors (Lipinski definition) is 1. The van der Waals surface area contributed by atoms with Crippen molar-refractivity contribution in [3.8, 4) is 0 Å². The number of piperazine rings is 1. The third-order valence-corrected chi connectivity index (χ3v) is 2.79. The van der Waals surface area contributed by atoms with Crippen LogP contribution in [0.4, 0.5) is 0 Å². The predicted octanol–water partition coefficient (Wildman–Crippen LogP) is -1.15. The van der Waals surface area contributed by atoms with Gasteiger partial charge in [0.1, 0.15) is 1.41 Å². The average Bonchev–Trinajstić information content (AvgIpc) is 1.86. The molecule has 0 saturated carbocycles. The van der Waals surface area contributed by atoms with Crippen LogP contribution in [-0.4, -0.2) is 45.2 Å². The van der Waals surface area contributed by atoms with Crippen LogP contribution in [0.5, 0.6) is 0 Å². The molecule has 60 valence electrons. The molecule has 0 spiro atoms.